The highest BCUT2D eigenvalue weighted by atomic mass is 16.3. The summed E-state index contributed by atoms with van der Waals surface area (Å²) in [4.78, 5) is 27.0. The molecule has 20 heavy (non-hydrogen) atoms. The van der Waals surface area contributed by atoms with Gasteiger partial charge in [-0.25, -0.2) is 4.98 Å². The predicted molar refractivity (Wildman–Crippen MR) is 68.8 cm³/mol. The molecular weight excluding hydrogens is 262 g/mol. The van der Waals surface area contributed by atoms with Crippen molar-refractivity contribution in [2.24, 2.45) is 0 Å². The Hall–Kier alpha value is -2.64. The number of carbonyl (C=O) groups is 2. The minimum absolute atomic E-state index is 0.0815. The zero-order valence-electron chi connectivity index (χ0n) is 10.8. The second-order valence-corrected chi connectivity index (χ2v) is 4.05. The van der Waals surface area contributed by atoms with Crippen molar-refractivity contribution in [3.63, 3.8) is 0 Å². The lowest BCUT2D eigenvalue weighted by Crippen LogP contribution is -2.37. The molecule has 0 aliphatic carbocycles. The van der Waals surface area contributed by atoms with E-state index in [0.29, 0.717) is 13.0 Å². The zero-order chi connectivity index (χ0) is 14.2. The Balaban J connectivity index is 1.57. The lowest BCUT2D eigenvalue weighted by molar-refractivity contribution is -0.120. The van der Waals surface area contributed by atoms with E-state index in [1.54, 1.807) is 6.07 Å². The maximum Gasteiger partial charge on any atom is 0.287 e. The highest BCUT2D eigenvalue weighted by Gasteiger charge is 2.09. The van der Waals surface area contributed by atoms with E-state index >= 15 is 0 Å². The maximum atomic E-state index is 11.5. The number of rotatable bonds is 7. The van der Waals surface area contributed by atoms with Crippen molar-refractivity contribution in [3.8, 4) is 0 Å². The Bertz CT molecular complexity index is 535. The molecule has 0 atom stereocenters. The summed E-state index contributed by atoms with van der Waals surface area (Å²) in [5, 5.41) is 11.6. The number of hydrogen-bond acceptors (Lipinski definition) is 5. The first-order valence-electron chi connectivity index (χ1n) is 6.18. The van der Waals surface area contributed by atoms with E-state index in [4.69, 9.17) is 4.42 Å². The molecule has 0 saturated heterocycles. The normalized spacial score (nSPS) is 10.2. The highest BCUT2D eigenvalue weighted by molar-refractivity contribution is 5.94. The SMILES string of the molecule is O=C(CNC(=O)c1ccco1)NCCCc1ncn[nH]1. The van der Waals surface area contributed by atoms with Crippen molar-refractivity contribution in [1.82, 2.24) is 25.8 Å². The Morgan fingerprint density at radius 2 is 2.25 bits per heavy atom. The molecule has 2 aromatic rings. The highest BCUT2D eigenvalue weighted by Crippen LogP contribution is 1.98. The zero-order valence-corrected chi connectivity index (χ0v) is 10.8. The van der Waals surface area contributed by atoms with E-state index in [0.717, 1.165) is 12.2 Å². The summed E-state index contributed by atoms with van der Waals surface area (Å²) in [5.41, 5.74) is 0. The molecule has 2 heterocycles. The first-order chi connectivity index (χ1) is 9.75. The monoisotopic (exact) mass is 277 g/mol. The van der Waals surface area contributed by atoms with Crippen molar-refractivity contribution >= 4 is 11.8 Å². The lowest BCUT2D eigenvalue weighted by Gasteiger charge is -2.05. The van der Waals surface area contributed by atoms with Gasteiger partial charge in [0.1, 0.15) is 12.2 Å². The molecule has 0 aromatic carbocycles. The molecule has 0 spiro atoms. The van der Waals surface area contributed by atoms with Gasteiger partial charge >= 0.3 is 0 Å². The quantitative estimate of drug-likeness (QED) is 0.610. The summed E-state index contributed by atoms with van der Waals surface area (Å²) in [6.07, 6.45) is 4.29. The minimum Gasteiger partial charge on any atom is -0.459 e. The van der Waals surface area contributed by atoms with Crippen molar-refractivity contribution < 1.29 is 14.0 Å². The summed E-state index contributed by atoms with van der Waals surface area (Å²) < 4.78 is 4.91. The van der Waals surface area contributed by atoms with Gasteiger partial charge in [-0.1, -0.05) is 0 Å². The van der Waals surface area contributed by atoms with E-state index in [2.05, 4.69) is 25.8 Å². The largest absolute Gasteiger partial charge is 0.459 e. The van der Waals surface area contributed by atoms with E-state index in [9.17, 15) is 9.59 Å². The van der Waals surface area contributed by atoms with Gasteiger partial charge in [-0.15, -0.1) is 0 Å². The van der Waals surface area contributed by atoms with Crippen LogP contribution in [0.4, 0.5) is 0 Å². The van der Waals surface area contributed by atoms with Gasteiger partial charge in [0, 0.05) is 13.0 Å². The van der Waals surface area contributed by atoms with Crippen LogP contribution in [0.1, 0.15) is 22.8 Å². The fraction of sp³-hybridized carbons (Fsp3) is 0.333. The summed E-state index contributed by atoms with van der Waals surface area (Å²) in [6.45, 7) is 0.429. The first kappa shape index (κ1) is 13.8. The molecule has 0 unspecified atom stereocenters. The number of aromatic nitrogens is 3. The molecule has 8 heteroatoms. The number of hydrogen-bond donors (Lipinski definition) is 3. The number of furan rings is 1. The van der Waals surface area contributed by atoms with Crippen molar-refractivity contribution in [2.75, 3.05) is 13.1 Å². The summed E-state index contributed by atoms with van der Waals surface area (Å²) >= 11 is 0. The van der Waals surface area contributed by atoms with Crippen LogP contribution in [0.25, 0.3) is 0 Å². The number of nitrogens with one attached hydrogen (secondary N) is 3. The molecule has 0 saturated carbocycles. The molecule has 0 radical (unpaired) electrons. The van der Waals surface area contributed by atoms with Crippen LogP contribution < -0.4 is 10.6 Å². The van der Waals surface area contributed by atoms with Crippen LogP contribution in [-0.4, -0.2) is 40.1 Å². The van der Waals surface area contributed by atoms with Crippen molar-refractivity contribution in [2.45, 2.75) is 12.8 Å². The van der Waals surface area contributed by atoms with Gasteiger partial charge in [0.2, 0.25) is 5.91 Å². The Morgan fingerprint density at radius 3 is 2.95 bits per heavy atom. The molecule has 0 fully saturated rings. The number of aromatic amines is 1. The Kier molecular flexibility index (Phi) is 4.87. The Labute approximate surface area is 115 Å². The topological polar surface area (TPSA) is 113 Å². The number of aryl methyl sites for hydroxylation is 1. The van der Waals surface area contributed by atoms with Gasteiger partial charge < -0.3 is 15.1 Å². The second-order valence-electron chi connectivity index (χ2n) is 4.05. The average molecular weight is 277 g/mol. The maximum absolute atomic E-state index is 11.5. The molecule has 106 valence electrons. The number of amides is 2. The van der Waals surface area contributed by atoms with Gasteiger partial charge in [0.25, 0.3) is 5.91 Å². The molecule has 2 rings (SSSR count). The average Bonchev–Trinajstić information content (AvgIpc) is 3.13. The predicted octanol–water partition coefficient (Wildman–Crippen LogP) is -0.124. The molecule has 2 aromatic heterocycles. The molecule has 8 nitrogen and oxygen atoms in total. The number of H-pyrrole nitrogens is 1. The summed E-state index contributed by atoms with van der Waals surface area (Å²) in [6, 6.07) is 3.14. The third-order valence-corrected chi connectivity index (χ3v) is 2.53. The van der Waals surface area contributed by atoms with Crippen LogP contribution in [0.3, 0.4) is 0 Å². The summed E-state index contributed by atoms with van der Waals surface area (Å²) in [7, 11) is 0. The van der Waals surface area contributed by atoms with Crippen LogP contribution in [0, 0.1) is 0 Å². The third-order valence-electron chi connectivity index (χ3n) is 2.53. The number of carbonyl (C=O) groups excluding carboxylic acids is 2. The third kappa shape index (κ3) is 4.23. The van der Waals surface area contributed by atoms with E-state index < -0.39 is 5.91 Å². The first-order valence-corrected chi connectivity index (χ1v) is 6.18. The summed E-state index contributed by atoms with van der Waals surface area (Å²) in [5.74, 6) is 0.308. The van der Waals surface area contributed by atoms with Gasteiger partial charge in [0.05, 0.1) is 12.8 Å². The van der Waals surface area contributed by atoms with Crippen LogP contribution >= 0.6 is 0 Å². The van der Waals surface area contributed by atoms with Gasteiger partial charge in [-0.2, -0.15) is 5.10 Å². The van der Waals surface area contributed by atoms with E-state index in [-0.39, 0.29) is 18.2 Å². The fourth-order valence-electron chi connectivity index (χ4n) is 1.55. The smallest absolute Gasteiger partial charge is 0.287 e. The van der Waals surface area contributed by atoms with Crippen LogP contribution in [0.15, 0.2) is 29.1 Å². The van der Waals surface area contributed by atoms with Gasteiger partial charge in [-0.3, -0.25) is 14.7 Å². The van der Waals surface area contributed by atoms with Gasteiger partial charge in [0.15, 0.2) is 5.76 Å². The standard InChI is InChI=1S/C12H15N5O3/c18-11(7-14-12(19)9-3-2-6-20-9)13-5-1-4-10-15-8-16-17-10/h2-3,6,8H,1,4-5,7H2,(H,13,18)(H,14,19)(H,15,16,17). The fourth-order valence-corrected chi connectivity index (χ4v) is 1.55. The molecule has 0 aliphatic heterocycles. The van der Waals surface area contributed by atoms with Crippen LogP contribution in [0.2, 0.25) is 0 Å². The number of nitrogens with zero attached hydrogens (tertiary/aromatic N) is 2. The molecular formula is C12H15N5O3. The van der Waals surface area contributed by atoms with E-state index in [1.807, 2.05) is 0 Å². The molecule has 0 bridgehead atoms. The van der Waals surface area contributed by atoms with Crippen molar-refractivity contribution in [1.29, 1.82) is 0 Å². The lowest BCUT2D eigenvalue weighted by atomic mass is 10.3. The van der Waals surface area contributed by atoms with E-state index in [1.165, 1.54) is 18.7 Å². The molecule has 2 amide bonds. The second kappa shape index (κ2) is 7.07. The van der Waals surface area contributed by atoms with Crippen LogP contribution in [0.5, 0.6) is 0 Å². The molecule has 3 N–H and O–H groups in total. The van der Waals surface area contributed by atoms with Crippen LogP contribution in [-0.2, 0) is 11.2 Å². The Morgan fingerprint density at radius 1 is 1.35 bits per heavy atom. The minimum atomic E-state index is -0.410. The van der Waals surface area contributed by atoms with Gasteiger partial charge in [-0.05, 0) is 18.6 Å². The van der Waals surface area contributed by atoms with Crippen molar-refractivity contribution in [3.05, 3.63) is 36.3 Å². The molecule has 0 aliphatic rings.